The third kappa shape index (κ3) is 2.40. The number of fused-ring (bicyclic) bond motifs is 1. The number of nitrogens with zero attached hydrogens (tertiary/aromatic N) is 3. The van der Waals surface area contributed by atoms with Gasteiger partial charge in [0.05, 0.1) is 18.7 Å². The van der Waals surface area contributed by atoms with Crippen LogP contribution in [0.4, 0.5) is 5.69 Å². The van der Waals surface area contributed by atoms with Gasteiger partial charge in [0, 0.05) is 31.2 Å². The van der Waals surface area contributed by atoms with Crippen LogP contribution in [0.5, 0.6) is 0 Å². The Kier molecular flexibility index (Phi) is 3.40. The van der Waals surface area contributed by atoms with E-state index in [1.807, 2.05) is 41.4 Å². The van der Waals surface area contributed by atoms with Gasteiger partial charge in [-0.15, -0.1) is 0 Å². The van der Waals surface area contributed by atoms with Crippen molar-refractivity contribution in [1.29, 1.82) is 0 Å². The Bertz CT molecular complexity index is 643. The molecule has 0 bridgehead atoms. The summed E-state index contributed by atoms with van der Waals surface area (Å²) in [5.74, 6) is 0.975. The van der Waals surface area contributed by atoms with Gasteiger partial charge in [0.15, 0.2) is 0 Å². The van der Waals surface area contributed by atoms with E-state index in [1.54, 1.807) is 6.20 Å². The topological polar surface area (TPSA) is 61.5 Å². The molecular weight excluding hydrogens is 280 g/mol. The number of carbonyl (C=O) groups is 1. The zero-order valence-electron chi connectivity index (χ0n) is 12.2. The number of nitrogens with one attached hydrogen (secondary N) is 1. The Hall–Kier alpha value is -2.18. The second-order valence-corrected chi connectivity index (χ2v) is 5.75. The summed E-state index contributed by atoms with van der Waals surface area (Å²) in [5.41, 5.74) is 0.950. The first-order chi connectivity index (χ1) is 10.8. The maximum atomic E-state index is 12.3. The Morgan fingerprint density at radius 1 is 1.27 bits per heavy atom. The van der Waals surface area contributed by atoms with E-state index >= 15 is 0 Å². The van der Waals surface area contributed by atoms with Gasteiger partial charge in [0.25, 0.3) is 5.91 Å². The normalized spacial score (nSPS) is 25.5. The molecule has 6 heteroatoms. The maximum absolute atomic E-state index is 12.3. The second-order valence-electron chi connectivity index (χ2n) is 5.75. The lowest BCUT2D eigenvalue weighted by Crippen LogP contribution is -2.54. The summed E-state index contributed by atoms with van der Waals surface area (Å²) in [6, 6.07) is 9.92. The van der Waals surface area contributed by atoms with Gasteiger partial charge >= 0.3 is 0 Å². The van der Waals surface area contributed by atoms with Gasteiger partial charge < -0.3 is 14.6 Å². The summed E-state index contributed by atoms with van der Waals surface area (Å²) in [6.07, 6.45) is 3.65. The Morgan fingerprint density at radius 2 is 2.14 bits per heavy atom. The molecule has 114 valence electrons. The number of hydrogen-bond donors (Lipinski definition) is 1. The van der Waals surface area contributed by atoms with Crippen LogP contribution in [-0.4, -0.2) is 52.6 Å². The maximum Gasteiger partial charge on any atom is 0.253 e. The first kappa shape index (κ1) is 13.5. The van der Waals surface area contributed by atoms with Crippen molar-refractivity contribution in [3.8, 4) is 0 Å². The average molecular weight is 298 g/mol. The number of hydrogen-bond acceptors (Lipinski definition) is 4. The van der Waals surface area contributed by atoms with Crippen molar-refractivity contribution in [2.45, 2.75) is 18.7 Å². The number of amides is 1. The first-order valence-electron chi connectivity index (χ1n) is 7.50. The summed E-state index contributed by atoms with van der Waals surface area (Å²) in [7, 11) is 0. The van der Waals surface area contributed by atoms with Crippen molar-refractivity contribution >= 4 is 11.6 Å². The van der Waals surface area contributed by atoms with Crippen LogP contribution in [0, 0.1) is 0 Å². The van der Waals surface area contributed by atoms with Crippen LogP contribution < -0.4 is 4.90 Å². The first-order valence-corrected chi connectivity index (χ1v) is 7.50. The summed E-state index contributed by atoms with van der Waals surface area (Å²) in [5, 5.41) is 0. The van der Waals surface area contributed by atoms with E-state index in [9.17, 15) is 4.79 Å². The van der Waals surface area contributed by atoms with Gasteiger partial charge in [-0.05, 0) is 12.1 Å². The highest BCUT2D eigenvalue weighted by atomic mass is 16.5. The molecule has 2 aromatic rings. The predicted octanol–water partition coefficient (Wildman–Crippen LogP) is 1.03. The molecule has 22 heavy (non-hydrogen) atoms. The molecule has 2 saturated heterocycles. The fourth-order valence-corrected chi connectivity index (χ4v) is 3.33. The number of carbonyl (C=O) groups excluding carboxylic acids is 1. The van der Waals surface area contributed by atoms with Crippen LogP contribution in [0.1, 0.15) is 5.82 Å². The minimum Gasteiger partial charge on any atom is -0.365 e. The Balaban J connectivity index is 1.55. The molecule has 0 radical (unpaired) electrons. The molecule has 2 aliphatic heterocycles. The number of benzene rings is 1. The van der Waals surface area contributed by atoms with Gasteiger partial charge in [-0.25, -0.2) is 4.98 Å². The van der Waals surface area contributed by atoms with E-state index in [0.717, 1.165) is 31.1 Å². The monoisotopic (exact) mass is 298 g/mol. The average Bonchev–Trinajstić information content (AvgIpc) is 3.17. The third-order valence-electron chi connectivity index (χ3n) is 4.30. The molecule has 2 aliphatic rings. The van der Waals surface area contributed by atoms with Crippen LogP contribution in [0.2, 0.25) is 0 Å². The van der Waals surface area contributed by atoms with Crippen LogP contribution in [-0.2, 0) is 16.1 Å². The number of aromatic amines is 1. The summed E-state index contributed by atoms with van der Waals surface area (Å²) < 4.78 is 5.75. The predicted molar refractivity (Wildman–Crippen MR) is 81.3 cm³/mol. The highest BCUT2D eigenvalue weighted by Crippen LogP contribution is 2.29. The van der Waals surface area contributed by atoms with E-state index in [4.69, 9.17) is 4.74 Å². The van der Waals surface area contributed by atoms with Crippen molar-refractivity contribution < 1.29 is 9.53 Å². The van der Waals surface area contributed by atoms with E-state index in [1.165, 1.54) is 0 Å². The molecule has 1 amide bonds. The van der Waals surface area contributed by atoms with E-state index in [0.29, 0.717) is 0 Å². The molecule has 2 fully saturated rings. The van der Waals surface area contributed by atoms with E-state index < -0.39 is 0 Å². The Labute approximate surface area is 128 Å². The molecule has 2 atom stereocenters. The summed E-state index contributed by atoms with van der Waals surface area (Å²) in [4.78, 5) is 23.9. The molecule has 1 aromatic heterocycles. The quantitative estimate of drug-likeness (QED) is 0.919. The van der Waals surface area contributed by atoms with Crippen molar-refractivity contribution in [1.82, 2.24) is 14.9 Å². The number of ether oxygens (including phenoxy) is 1. The lowest BCUT2D eigenvalue weighted by atomic mass is 10.1. The van der Waals surface area contributed by atoms with Gasteiger partial charge in [-0.3, -0.25) is 9.69 Å². The zero-order valence-corrected chi connectivity index (χ0v) is 12.2. The van der Waals surface area contributed by atoms with E-state index in [-0.39, 0.29) is 24.7 Å². The molecule has 6 nitrogen and oxygen atoms in total. The molecule has 0 saturated carbocycles. The van der Waals surface area contributed by atoms with Crippen LogP contribution in [0.3, 0.4) is 0 Å². The summed E-state index contributed by atoms with van der Waals surface area (Å²) >= 11 is 0. The number of rotatable bonds is 3. The number of imidazole rings is 1. The van der Waals surface area contributed by atoms with Crippen LogP contribution >= 0.6 is 0 Å². The SMILES string of the molecule is O=C1CO[C@H]2CN(Cc3ncc[nH]3)C[C@@H]2N1c1ccccc1. The van der Waals surface area contributed by atoms with Crippen molar-refractivity contribution in [2.75, 3.05) is 24.6 Å². The van der Waals surface area contributed by atoms with Crippen molar-refractivity contribution in [3.63, 3.8) is 0 Å². The van der Waals surface area contributed by atoms with Crippen molar-refractivity contribution in [3.05, 3.63) is 48.5 Å². The number of H-pyrrole nitrogens is 1. The van der Waals surface area contributed by atoms with Gasteiger partial charge in [0.2, 0.25) is 0 Å². The van der Waals surface area contributed by atoms with Crippen LogP contribution in [0.25, 0.3) is 0 Å². The number of para-hydroxylation sites is 1. The largest absolute Gasteiger partial charge is 0.365 e. The number of morpholine rings is 1. The lowest BCUT2D eigenvalue weighted by molar-refractivity contribution is -0.130. The van der Waals surface area contributed by atoms with Gasteiger partial charge in [-0.1, -0.05) is 18.2 Å². The zero-order chi connectivity index (χ0) is 14.9. The number of anilines is 1. The van der Waals surface area contributed by atoms with Gasteiger partial charge in [0.1, 0.15) is 12.4 Å². The minimum absolute atomic E-state index is 0.0345. The number of aromatic nitrogens is 2. The molecule has 3 heterocycles. The molecule has 0 aliphatic carbocycles. The van der Waals surface area contributed by atoms with Crippen LogP contribution in [0.15, 0.2) is 42.7 Å². The fourth-order valence-electron chi connectivity index (χ4n) is 3.33. The number of likely N-dealkylation sites (tertiary alicyclic amines) is 1. The fraction of sp³-hybridized carbons (Fsp3) is 0.375. The Morgan fingerprint density at radius 3 is 2.91 bits per heavy atom. The highest BCUT2D eigenvalue weighted by Gasteiger charge is 2.43. The summed E-state index contributed by atoms with van der Waals surface area (Å²) in [6.45, 7) is 2.53. The second kappa shape index (κ2) is 5.55. The highest BCUT2D eigenvalue weighted by molar-refractivity contribution is 5.95. The van der Waals surface area contributed by atoms with Gasteiger partial charge in [-0.2, -0.15) is 0 Å². The van der Waals surface area contributed by atoms with Crippen molar-refractivity contribution in [2.24, 2.45) is 0 Å². The lowest BCUT2D eigenvalue weighted by Gasteiger charge is -2.36. The molecule has 1 N–H and O–H groups in total. The third-order valence-corrected chi connectivity index (χ3v) is 4.30. The minimum atomic E-state index is 0.0345. The molecule has 4 rings (SSSR count). The molecular formula is C16H18N4O2. The smallest absolute Gasteiger partial charge is 0.253 e. The molecule has 0 unspecified atom stereocenters. The standard InChI is InChI=1S/C16H18N4O2/c21-16-11-22-14-9-19(10-15-17-6-7-18-15)8-13(14)20(16)12-4-2-1-3-5-12/h1-7,13-14H,8-11H2,(H,17,18)/t13-,14-/m0/s1. The molecule has 1 aromatic carbocycles. The molecule has 0 spiro atoms. The van der Waals surface area contributed by atoms with E-state index in [2.05, 4.69) is 14.9 Å².